The summed E-state index contributed by atoms with van der Waals surface area (Å²) in [5.41, 5.74) is 1.03. The molecule has 1 aliphatic rings. The van der Waals surface area contributed by atoms with Gasteiger partial charge in [0.15, 0.2) is 0 Å². The zero-order valence-electron chi connectivity index (χ0n) is 14.8. The Labute approximate surface area is 147 Å². The molecule has 0 radical (unpaired) electrons. The molecule has 1 fully saturated rings. The van der Waals surface area contributed by atoms with E-state index in [9.17, 15) is 17.6 Å². The van der Waals surface area contributed by atoms with Crippen molar-refractivity contribution in [3.63, 3.8) is 0 Å². The van der Waals surface area contributed by atoms with Gasteiger partial charge >= 0.3 is 12.5 Å². The summed E-state index contributed by atoms with van der Waals surface area (Å²) >= 11 is 0. The fraction of sp³-hybridized carbons (Fsp3) is 0.700. The van der Waals surface area contributed by atoms with Crippen LogP contribution in [-0.2, 0) is 6.42 Å². The Morgan fingerprint density at radius 3 is 2.08 bits per heavy atom. The first-order valence-electron chi connectivity index (χ1n) is 9.34. The maximum atomic E-state index is 12.9. The van der Waals surface area contributed by atoms with E-state index in [4.69, 9.17) is 0 Å². The van der Waals surface area contributed by atoms with Crippen LogP contribution in [0.15, 0.2) is 24.3 Å². The van der Waals surface area contributed by atoms with E-state index in [-0.39, 0.29) is 5.75 Å². The summed E-state index contributed by atoms with van der Waals surface area (Å²) < 4.78 is 54.0. The van der Waals surface area contributed by atoms with E-state index in [0.29, 0.717) is 0 Å². The normalized spacial score (nSPS) is 21.5. The number of unbranched alkanes of at least 4 members (excludes halogenated alkanes) is 1. The molecule has 0 spiro atoms. The first-order chi connectivity index (χ1) is 11.9. The second-order valence-electron chi connectivity index (χ2n) is 7.18. The van der Waals surface area contributed by atoms with Crippen molar-refractivity contribution >= 4 is 0 Å². The number of rotatable bonds is 9. The lowest BCUT2D eigenvalue weighted by Gasteiger charge is -2.28. The summed E-state index contributed by atoms with van der Waals surface area (Å²) in [7, 11) is 0. The van der Waals surface area contributed by atoms with Crippen LogP contribution in [0.1, 0.15) is 63.9 Å². The second kappa shape index (κ2) is 9.44. The van der Waals surface area contributed by atoms with Gasteiger partial charge in [-0.2, -0.15) is 17.6 Å². The van der Waals surface area contributed by atoms with E-state index in [1.807, 2.05) is 0 Å². The molecule has 2 rings (SSSR count). The van der Waals surface area contributed by atoms with Crippen LogP contribution in [0.3, 0.4) is 0 Å². The van der Waals surface area contributed by atoms with Crippen LogP contribution in [0.25, 0.3) is 0 Å². The van der Waals surface area contributed by atoms with Crippen molar-refractivity contribution in [1.82, 2.24) is 0 Å². The highest BCUT2D eigenvalue weighted by molar-refractivity contribution is 5.27. The quantitative estimate of drug-likeness (QED) is 0.437. The molecule has 1 aliphatic carbocycles. The average molecular weight is 360 g/mol. The fourth-order valence-corrected chi connectivity index (χ4v) is 3.60. The van der Waals surface area contributed by atoms with Crippen molar-refractivity contribution in [2.24, 2.45) is 11.8 Å². The maximum Gasteiger partial charge on any atom is 0.461 e. The number of aryl methyl sites for hydroxylation is 1. The topological polar surface area (TPSA) is 9.23 Å². The third-order valence-electron chi connectivity index (χ3n) is 5.20. The molecule has 0 atom stereocenters. The lowest BCUT2D eigenvalue weighted by atomic mass is 9.78. The Kier molecular flexibility index (Phi) is 7.57. The van der Waals surface area contributed by atoms with E-state index in [2.05, 4.69) is 11.7 Å². The van der Waals surface area contributed by atoms with Crippen molar-refractivity contribution in [2.45, 2.75) is 77.2 Å². The lowest BCUT2D eigenvalue weighted by molar-refractivity contribution is -0.253. The van der Waals surface area contributed by atoms with Crippen molar-refractivity contribution in [2.75, 3.05) is 0 Å². The van der Waals surface area contributed by atoms with Crippen LogP contribution in [0, 0.1) is 11.8 Å². The molecule has 0 heterocycles. The van der Waals surface area contributed by atoms with Gasteiger partial charge in [-0.1, -0.05) is 64.0 Å². The SMILES string of the molecule is CCCCC1CCC(CCc2ccc(OC(F)(F)C(F)F)cc2)CC1. The van der Waals surface area contributed by atoms with E-state index in [1.165, 1.54) is 57.1 Å². The van der Waals surface area contributed by atoms with Gasteiger partial charge in [0.1, 0.15) is 5.75 Å². The van der Waals surface area contributed by atoms with Crippen LogP contribution in [0.5, 0.6) is 5.75 Å². The molecule has 1 aromatic carbocycles. The van der Waals surface area contributed by atoms with E-state index < -0.39 is 12.5 Å². The van der Waals surface area contributed by atoms with Crippen LogP contribution >= 0.6 is 0 Å². The predicted molar refractivity (Wildman–Crippen MR) is 91.3 cm³/mol. The molecule has 1 aromatic rings. The molecule has 0 unspecified atom stereocenters. The molecule has 0 aliphatic heterocycles. The highest BCUT2D eigenvalue weighted by Crippen LogP contribution is 2.34. The third kappa shape index (κ3) is 6.52. The summed E-state index contributed by atoms with van der Waals surface area (Å²) in [6.45, 7) is 2.23. The van der Waals surface area contributed by atoms with Crippen molar-refractivity contribution < 1.29 is 22.3 Å². The van der Waals surface area contributed by atoms with Crippen LogP contribution < -0.4 is 4.74 Å². The Bertz CT molecular complexity index is 493. The smallest absolute Gasteiger partial charge is 0.428 e. The zero-order valence-corrected chi connectivity index (χ0v) is 14.8. The van der Waals surface area contributed by atoms with Gasteiger partial charge in [0, 0.05) is 0 Å². The molecular formula is C20H28F4O. The van der Waals surface area contributed by atoms with Gasteiger partial charge in [0.05, 0.1) is 0 Å². The molecule has 0 bridgehead atoms. The monoisotopic (exact) mass is 360 g/mol. The van der Waals surface area contributed by atoms with Crippen molar-refractivity contribution in [3.05, 3.63) is 29.8 Å². The van der Waals surface area contributed by atoms with Crippen molar-refractivity contribution in [3.8, 4) is 5.75 Å². The predicted octanol–water partition coefficient (Wildman–Crippen LogP) is 6.85. The van der Waals surface area contributed by atoms with Gasteiger partial charge in [-0.15, -0.1) is 0 Å². The Hall–Kier alpha value is -1.26. The number of ether oxygens (including phenoxy) is 1. The number of hydrogen-bond acceptors (Lipinski definition) is 1. The molecule has 0 aromatic heterocycles. The summed E-state index contributed by atoms with van der Waals surface area (Å²) in [4.78, 5) is 0. The highest BCUT2D eigenvalue weighted by atomic mass is 19.3. The summed E-state index contributed by atoms with van der Waals surface area (Å²) in [5, 5.41) is 0. The van der Waals surface area contributed by atoms with Gasteiger partial charge in [0.2, 0.25) is 0 Å². The Balaban J connectivity index is 1.73. The molecule has 142 valence electrons. The summed E-state index contributed by atoms with van der Waals surface area (Å²) in [5.74, 6) is 1.39. The molecule has 0 amide bonds. The number of benzene rings is 1. The van der Waals surface area contributed by atoms with Gasteiger partial charge in [-0.3, -0.25) is 0 Å². The molecule has 25 heavy (non-hydrogen) atoms. The van der Waals surface area contributed by atoms with Gasteiger partial charge in [-0.25, -0.2) is 0 Å². The first kappa shape index (κ1) is 20.1. The largest absolute Gasteiger partial charge is 0.461 e. The second-order valence-corrected chi connectivity index (χ2v) is 7.18. The van der Waals surface area contributed by atoms with Gasteiger partial charge < -0.3 is 4.74 Å². The van der Waals surface area contributed by atoms with E-state index >= 15 is 0 Å². The molecule has 1 nitrogen and oxygen atoms in total. The number of halogens is 4. The maximum absolute atomic E-state index is 12.9. The van der Waals surface area contributed by atoms with Crippen molar-refractivity contribution in [1.29, 1.82) is 0 Å². The summed E-state index contributed by atoms with van der Waals surface area (Å²) in [6, 6.07) is 6.05. The molecule has 1 saturated carbocycles. The Morgan fingerprint density at radius 1 is 1.00 bits per heavy atom. The minimum Gasteiger partial charge on any atom is -0.428 e. The Morgan fingerprint density at radius 2 is 1.56 bits per heavy atom. The highest BCUT2D eigenvalue weighted by Gasteiger charge is 2.43. The van der Waals surface area contributed by atoms with Gasteiger partial charge in [0.25, 0.3) is 0 Å². The number of hydrogen-bond donors (Lipinski definition) is 0. The summed E-state index contributed by atoms with van der Waals surface area (Å²) in [6.07, 6.45) is 2.83. The zero-order chi connectivity index (χ0) is 18.3. The minimum atomic E-state index is -4.45. The van der Waals surface area contributed by atoms with Crippen LogP contribution in [-0.4, -0.2) is 12.5 Å². The fourth-order valence-electron chi connectivity index (χ4n) is 3.60. The molecule has 5 heteroatoms. The minimum absolute atomic E-state index is 0.231. The molecule has 0 N–H and O–H groups in total. The third-order valence-corrected chi connectivity index (χ3v) is 5.20. The average Bonchev–Trinajstić information content (AvgIpc) is 2.60. The van der Waals surface area contributed by atoms with Gasteiger partial charge in [-0.05, 0) is 42.4 Å². The molecule has 0 saturated heterocycles. The first-order valence-corrected chi connectivity index (χ1v) is 9.34. The van der Waals surface area contributed by atoms with Crippen LogP contribution in [0.2, 0.25) is 0 Å². The lowest BCUT2D eigenvalue weighted by Crippen LogP contribution is -2.33. The van der Waals surface area contributed by atoms with E-state index in [1.54, 1.807) is 12.1 Å². The number of alkyl halides is 4. The standard InChI is InChI=1S/C20H28F4O/c1-2-3-4-15-5-7-16(8-6-15)9-10-17-11-13-18(14-12-17)25-20(23,24)19(21)22/h11-16,19H,2-10H2,1H3. The van der Waals surface area contributed by atoms with E-state index in [0.717, 1.165) is 30.2 Å². The molecular weight excluding hydrogens is 332 g/mol. The van der Waals surface area contributed by atoms with Crippen LogP contribution in [0.4, 0.5) is 17.6 Å².